The molecule has 0 radical (unpaired) electrons. The minimum absolute atomic E-state index is 0.650. The Bertz CT molecular complexity index is 382. The van der Waals surface area contributed by atoms with E-state index in [1.807, 2.05) is 0 Å². The average Bonchev–Trinajstić information content (AvgIpc) is 2.59. The summed E-state index contributed by atoms with van der Waals surface area (Å²) >= 11 is 0. The molecule has 0 spiro atoms. The third kappa shape index (κ3) is 2.61. The number of hydrogen-bond donors (Lipinski definition) is 0. The highest BCUT2D eigenvalue weighted by atomic mass is 15.2. The van der Waals surface area contributed by atoms with E-state index in [1.165, 1.54) is 11.1 Å². The molecule has 1 aliphatic heterocycles. The Morgan fingerprint density at radius 3 is 2.47 bits per heavy atom. The fraction of sp³-hybridized carbons (Fsp3) is 0.500. The highest BCUT2D eigenvalue weighted by Gasteiger charge is 2.35. The normalized spacial score (nSPS) is 29.5. The van der Waals surface area contributed by atoms with Crippen LogP contribution in [0.2, 0.25) is 0 Å². The first-order chi connectivity index (χ1) is 8.09. The molecule has 1 aliphatic rings. The molecule has 1 heterocycles. The molecule has 0 aliphatic carbocycles. The van der Waals surface area contributed by atoms with Crippen LogP contribution in [0, 0.1) is 11.8 Å². The van der Waals surface area contributed by atoms with Crippen LogP contribution in [0.3, 0.4) is 0 Å². The van der Waals surface area contributed by atoms with Crippen LogP contribution < -0.4 is 0 Å². The van der Waals surface area contributed by atoms with Crippen molar-refractivity contribution in [2.24, 2.45) is 11.8 Å². The van der Waals surface area contributed by atoms with Gasteiger partial charge in [0.15, 0.2) is 0 Å². The van der Waals surface area contributed by atoms with Gasteiger partial charge in [-0.05, 0) is 31.2 Å². The Hall–Kier alpha value is -1.08. The summed E-state index contributed by atoms with van der Waals surface area (Å²) in [5.41, 5.74) is 2.74. The third-order valence-electron chi connectivity index (χ3n) is 4.26. The predicted octanol–water partition coefficient (Wildman–Crippen LogP) is 3.72. The molecule has 1 aromatic carbocycles. The predicted molar refractivity (Wildman–Crippen MR) is 73.8 cm³/mol. The maximum atomic E-state index is 4.14. The van der Waals surface area contributed by atoms with Crippen molar-refractivity contribution in [3.63, 3.8) is 0 Å². The Labute approximate surface area is 105 Å². The van der Waals surface area contributed by atoms with Crippen LogP contribution in [0.4, 0.5) is 0 Å². The second-order valence-corrected chi connectivity index (χ2v) is 5.47. The minimum Gasteiger partial charge on any atom is -0.296 e. The molecule has 1 aromatic rings. The zero-order chi connectivity index (χ0) is 12.4. The molecular weight excluding hydrogens is 206 g/mol. The molecule has 1 fully saturated rings. The van der Waals surface area contributed by atoms with Crippen molar-refractivity contribution in [1.29, 1.82) is 0 Å². The first-order valence-corrected chi connectivity index (χ1v) is 6.53. The molecule has 0 saturated carbocycles. The van der Waals surface area contributed by atoms with Gasteiger partial charge in [0.1, 0.15) is 0 Å². The van der Waals surface area contributed by atoms with Crippen LogP contribution in [0.25, 0.3) is 0 Å². The van der Waals surface area contributed by atoms with Gasteiger partial charge in [0.2, 0.25) is 0 Å². The van der Waals surface area contributed by atoms with E-state index in [0.29, 0.717) is 12.0 Å². The van der Waals surface area contributed by atoms with E-state index >= 15 is 0 Å². The van der Waals surface area contributed by atoms with Gasteiger partial charge >= 0.3 is 0 Å². The van der Waals surface area contributed by atoms with E-state index < -0.39 is 0 Å². The molecule has 92 valence electrons. The van der Waals surface area contributed by atoms with Crippen LogP contribution in [0.5, 0.6) is 0 Å². The lowest BCUT2D eigenvalue weighted by Gasteiger charge is -2.22. The van der Waals surface area contributed by atoms with Crippen molar-refractivity contribution in [1.82, 2.24) is 4.90 Å². The third-order valence-corrected chi connectivity index (χ3v) is 4.26. The zero-order valence-electron chi connectivity index (χ0n) is 11.2. The number of hydrogen-bond acceptors (Lipinski definition) is 1. The van der Waals surface area contributed by atoms with Gasteiger partial charge in [-0.1, -0.05) is 49.4 Å². The summed E-state index contributed by atoms with van der Waals surface area (Å²) in [4.78, 5) is 2.58. The summed E-state index contributed by atoms with van der Waals surface area (Å²) in [6, 6.07) is 11.4. The summed E-state index contributed by atoms with van der Waals surface area (Å²) in [5, 5.41) is 0. The molecular formula is C16H23N. The average molecular weight is 229 g/mol. The maximum Gasteiger partial charge on any atom is 0.0236 e. The van der Waals surface area contributed by atoms with Gasteiger partial charge in [0.25, 0.3) is 0 Å². The molecule has 1 heteroatoms. The summed E-state index contributed by atoms with van der Waals surface area (Å²) in [6.45, 7) is 13.2. The van der Waals surface area contributed by atoms with E-state index in [0.717, 1.165) is 19.0 Å². The van der Waals surface area contributed by atoms with Crippen molar-refractivity contribution in [2.75, 3.05) is 6.54 Å². The summed E-state index contributed by atoms with van der Waals surface area (Å²) in [6.07, 6.45) is 0. The van der Waals surface area contributed by atoms with Crippen LogP contribution >= 0.6 is 0 Å². The topological polar surface area (TPSA) is 3.24 Å². The summed E-state index contributed by atoms with van der Waals surface area (Å²) in [5.74, 6) is 1.38. The van der Waals surface area contributed by atoms with Gasteiger partial charge in [-0.3, -0.25) is 4.90 Å². The maximum absolute atomic E-state index is 4.14. The van der Waals surface area contributed by atoms with Gasteiger partial charge in [0.05, 0.1) is 0 Å². The SMILES string of the molecule is C=C(C)[C@@H]1CN(Cc2ccccc2)[C@H](C)[C@@H]1C. The molecule has 1 saturated heterocycles. The lowest BCUT2D eigenvalue weighted by atomic mass is 9.88. The van der Waals surface area contributed by atoms with Gasteiger partial charge in [-0.25, -0.2) is 0 Å². The van der Waals surface area contributed by atoms with E-state index in [1.54, 1.807) is 0 Å². The number of likely N-dealkylation sites (tertiary alicyclic amines) is 1. The molecule has 0 amide bonds. The van der Waals surface area contributed by atoms with Crippen LogP contribution in [-0.4, -0.2) is 17.5 Å². The smallest absolute Gasteiger partial charge is 0.0236 e. The quantitative estimate of drug-likeness (QED) is 0.714. The number of benzene rings is 1. The Morgan fingerprint density at radius 2 is 1.94 bits per heavy atom. The van der Waals surface area contributed by atoms with Crippen LogP contribution in [0.15, 0.2) is 42.5 Å². The molecule has 1 nitrogen and oxygen atoms in total. The van der Waals surface area contributed by atoms with Gasteiger partial charge < -0.3 is 0 Å². The van der Waals surface area contributed by atoms with Crippen molar-refractivity contribution in [2.45, 2.75) is 33.4 Å². The monoisotopic (exact) mass is 229 g/mol. The fourth-order valence-electron chi connectivity index (χ4n) is 2.89. The van der Waals surface area contributed by atoms with Crippen LogP contribution in [0.1, 0.15) is 26.3 Å². The van der Waals surface area contributed by atoms with E-state index in [4.69, 9.17) is 0 Å². The highest BCUT2D eigenvalue weighted by molar-refractivity contribution is 5.16. The molecule has 0 N–H and O–H groups in total. The first-order valence-electron chi connectivity index (χ1n) is 6.53. The zero-order valence-corrected chi connectivity index (χ0v) is 11.2. The number of rotatable bonds is 3. The highest BCUT2D eigenvalue weighted by Crippen LogP contribution is 2.34. The first kappa shape index (κ1) is 12.4. The minimum atomic E-state index is 0.650. The van der Waals surface area contributed by atoms with Gasteiger partial charge in [0, 0.05) is 19.1 Å². The van der Waals surface area contributed by atoms with Gasteiger partial charge in [-0.15, -0.1) is 0 Å². The molecule has 0 bridgehead atoms. The van der Waals surface area contributed by atoms with Crippen molar-refractivity contribution < 1.29 is 0 Å². The lowest BCUT2D eigenvalue weighted by molar-refractivity contribution is 0.239. The van der Waals surface area contributed by atoms with E-state index in [9.17, 15) is 0 Å². The standard InChI is InChI=1S/C16H23N/c1-12(2)16-11-17(14(4)13(16)3)10-15-8-6-5-7-9-15/h5-9,13-14,16H,1,10-11H2,2-4H3/t13-,14+,16-/m0/s1. The second kappa shape index (κ2) is 5.05. The largest absolute Gasteiger partial charge is 0.296 e. The second-order valence-electron chi connectivity index (χ2n) is 5.47. The van der Waals surface area contributed by atoms with Gasteiger partial charge in [-0.2, -0.15) is 0 Å². The van der Waals surface area contributed by atoms with Crippen molar-refractivity contribution in [3.05, 3.63) is 48.0 Å². The summed E-state index contributed by atoms with van der Waals surface area (Å²) < 4.78 is 0. The molecule has 17 heavy (non-hydrogen) atoms. The van der Waals surface area contributed by atoms with Crippen molar-refractivity contribution in [3.8, 4) is 0 Å². The summed E-state index contributed by atoms with van der Waals surface area (Å²) in [7, 11) is 0. The Morgan fingerprint density at radius 1 is 1.29 bits per heavy atom. The molecule has 0 aromatic heterocycles. The van der Waals surface area contributed by atoms with Crippen LogP contribution in [-0.2, 0) is 6.54 Å². The lowest BCUT2D eigenvalue weighted by Crippen LogP contribution is -2.28. The fourth-order valence-corrected chi connectivity index (χ4v) is 2.89. The Balaban J connectivity index is 2.06. The molecule has 0 unspecified atom stereocenters. The van der Waals surface area contributed by atoms with E-state index in [2.05, 4.69) is 62.6 Å². The van der Waals surface area contributed by atoms with E-state index in [-0.39, 0.29) is 0 Å². The van der Waals surface area contributed by atoms with Crippen molar-refractivity contribution >= 4 is 0 Å². The molecule has 2 rings (SSSR count). The Kier molecular flexibility index (Phi) is 3.68. The number of nitrogens with zero attached hydrogens (tertiary/aromatic N) is 1. The molecule has 3 atom stereocenters.